The van der Waals surface area contributed by atoms with E-state index in [4.69, 9.17) is 4.74 Å². The Kier molecular flexibility index (Phi) is 5.08. The first-order chi connectivity index (χ1) is 11.0. The van der Waals surface area contributed by atoms with E-state index in [9.17, 15) is 13.2 Å². The highest BCUT2D eigenvalue weighted by atomic mass is 19.4. The van der Waals surface area contributed by atoms with Gasteiger partial charge in [-0.15, -0.1) is 0 Å². The van der Waals surface area contributed by atoms with Crippen LogP contribution >= 0.6 is 0 Å². The minimum atomic E-state index is -4.30. The Hall–Kier alpha value is -1.31. The van der Waals surface area contributed by atoms with Crippen molar-refractivity contribution in [3.63, 3.8) is 0 Å². The van der Waals surface area contributed by atoms with Crippen molar-refractivity contribution in [2.75, 3.05) is 57.4 Å². The second-order valence-corrected chi connectivity index (χ2v) is 5.97. The van der Waals surface area contributed by atoms with E-state index in [1.165, 1.54) is 12.1 Å². The van der Waals surface area contributed by atoms with Gasteiger partial charge in [-0.05, 0) is 23.8 Å². The average molecular weight is 329 g/mol. The van der Waals surface area contributed by atoms with E-state index in [1.54, 1.807) is 6.07 Å². The molecular formula is C16H22F3N3O. The summed E-state index contributed by atoms with van der Waals surface area (Å²) in [6.07, 6.45) is -4.30. The molecule has 2 saturated heterocycles. The number of benzene rings is 1. The van der Waals surface area contributed by atoms with E-state index in [0.29, 0.717) is 19.8 Å². The van der Waals surface area contributed by atoms with E-state index in [1.807, 2.05) is 0 Å². The van der Waals surface area contributed by atoms with Gasteiger partial charge >= 0.3 is 6.18 Å². The van der Waals surface area contributed by atoms with Gasteiger partial charge in [0, 0.05) is 51.5 Å². The van der Waals surface area contributed by atoms with E-state index < -0.39 is 11.7 Å². The Bertz CT molecular complexity index is 524. The van der Waals surface area contributed by atoms with Gasteiger partial charge in [-0.3, -0.25) is 4.90 Å². The zero-order chi connectivity index (χ0) is 16.3. The fourth-order valence-electron chi connectivity index (χ4n) is 3.11. The monoisotopic (exact) mass is 329 g/mol. The number of nitrogens with one attached hydrogen (secondary N) is 1. The minimum absolute atomic E-state index is 0.554. The molecule has 128 valence electrons. The van der Waals surface area contributed by atoms with Crippen LogP contribution < -0.4 is 10.2 Å². The van der Waals surface area contributed by atoms with Gasteiger partial charge in [0.25, 0.3) is 0 Å². The summed E-state index contributed by atoms with van der Waals surface area (Å²) >= 11 is 0. The summed E-state index contributed by atoms with van der Waals surface area (Å²) in [5, 5.41) is 3.27. The van der Waals surface area contributed by atoms with Crippen molar-refractivity contribution < 1.29 is 17.9 Å². The lowest BCUT2D eigenvalue weighted by Crippen LogP contribution is -2.43. The number of halogens is 3. The van der Waals surface area contributed by atoms with Gasteiger partial charge in [-0.1, -0.05) is 0 Å². The Labute approximate surface area is 134 Å². The molecule has 0 aromatic heterocycles. The van der Waals surface area contributed by atoms with Crippen LogP contribution in [-0.2, 0) is 17.5 Å². The number of nitrogens with zero attached hydrogens (tertiary/aromatic N) is 2. The lowest BCUT2D eigenvalue weighted by atomic mass is 10.1. The molecule has 0 atom stereocenters. The topological polar surface area (TPSA) is 27.7 Å². The highest BCUT2D eigenvalue weighted by Crippen LogP contribution is 2.33. The molecule has 3 rings (SSSR count). The Morgan fingerprint density at radius 3 is 2.39 bits per heavy atom. The minimum Gasteiger partial charge on any atom is -0.378 e. The molecule has 2 fully saturated rings. The van der Waals surface area contributed by atoms with Crippen molar-refractivity contribution in [2.45, 2.75) is 12.7 Å². The van der Waals surface area contributed by atoms with Gasteiger partial charge in [-0.25, -0.2) is 0 Å². The molecule has 0 aliphatic carbocycles. The molecule has 2 aliphatic rings. The molecular weight excluding hydrogens is 307 g/mol. The third kappa shape index (κ3) is 4.16. The molecule has 2 aliphatic heterocycles. The molecule has 0 bridgehead atoms. The number of piperazine rings is 1. The van der Waals surface area contributed by atoms with Crippen LogP contribution in [0.3, 0.4) is 0 Å². The second kappa shape index (κ2) is 7.07. The molecule has 4 nitrogen and oxygen atoms in total. The Morgan fingerprint density at radius 1 is 1.04 bits per heavy atom. The Morgan fingerprint density at radius 2 is 1.74 bits per heavy atom. The second-order valence-electron chi connectivity index (χ2n) is 5.97. The van der Waals surface area contributed by atoms with Crippen LogP contribution in [0.1, 0.15) is 11.1 Å². The van der Waals surface area contributed by atoms with Crippen LogP contribution in [0.4, 0.5) is 18.9 Å². The number of hydrogen-bond donors (Lipinski definition) is 1. The maximum atomic E-state index is 13.1. The number of hydrogen-bond acceptors (Lipinski definition) is 4. The number of rotatable bonds is 3. The van der Waals surface area contributed by atoms with Crippen molar-refractivity contribution in [3.8, 4) is 0 Å². The van der Waals surface area contributed by atoms with E-state index in [2.05, 4.69) is 15.1 Å². The molecule has 0 saturated carbocycles. The molecule has 1 aromatic rings. The number of alkyl halides is 3. The molecule has 0 spiro atoms. The molecule has 7 heteroatoms. The highest BCUT2D eigenvalue weighted by molar-refractivity contribution is 5.56. The first kappa shape index (κ1) is 16.5. The van der Waals surface area contributed by atoms with Crippen LogP contribution in [0.15, 0.2) is 18.2 Å². The molecule has 0 amide bonds. The molecule has 23 heavy (non-hydrogen) atoms. The summed E-state index contributed by atoms with van der Waals surface area (Å²) in [5.41, 5.74) is 1.09. The molecule has 1 aromatic carbocycles. The zero-order valence-corrected chi connectivity index (χ0v) is 13.0. The highest BCUT2D eigenvalue weighted by Gasteiger charge is 2.31. The Balaban J connectivity index is 1.86. The number of ether oxygens (including phenoxy) is 1. The van der Waals surface area contributed by atoms with Crippen LogP contribution in [0.25, 0.3) is 0 Å². The van der Waals surface area contributed by atoms with E-state index in [0.717, 1.165) is 50.5 Å². The number of morpholine rings is 1. The van der Waals surface area contributed by atoms with Crippen molar-refractivity contribution in [2.24, 2.45) is 0 Å². The van der Waals surface area contributed by atoms with Crippen LogP contribution in [0.2, 0.25) is 0 Å². The van der Waals surface area contributed by atoms with Gasteiger partial charge in [-0.2, -0.15) is 13.2 Å². The predicted octanol–water partition coefficient (Wildman–Crippen LogP) is 1.95. The summed E-state index contributed by atoms with van der Waals surface area (Å²) in [4.78, 5) is 4.33. The SMILES string of the molecule is FC(F)(F)c1ccc(N2CCOCC2)c(CN2CCNCC2)c1. The number of anilines is 1. The lowest BCUT2D eigenvalue weighted by molar-refractivity contribution is -0.137. The quantitative estimate of drug-likeness (QED) is 0.917. The summed E-state index contributed by atoms with van der Waals surface area (Å²) < 4.78 is 44.5. The van der Waals surface area contributed by atoms with Crippen molar-refractivity contribution >= 4 is 5.69 Å². The normalized spacial score (nSPS) is 20.7. The fraction of sp³-hybridized carbons (Fsp3) is 0.625. The summed E-state index contributed by atoms with van der Waals surface area (Å²) in [6.45, 7) is 6.72. The van der Waals surface area contributed by atoms with Crippen LogP contribution in [0, 0.1) is 0 Å². The van der Waals surface area contributed by atoms with Gasteiger partial charge in [0.05, 0.1) is 18.8 Å². The van der Waals surface area contributed by atoms with E-state index >= 15 is 0 Å². The van der Waals surface area contributed by atoms with Crippen molar-refractivity contribution in [3.05, 3.63) is 29.3 Å². The maximum absolute atomic E-state index is 13.1. The third-order valence-electron chi connectivity index (χ3n) is 4.36. The molecule has 0 unspecified atom stereocenters. The van der Waals surface area contributed by atoms with Crippen LogP contribution in [-0.4, -0.2) is 57.4 Å². The standard InChI is InChI=1S/C16H22F3N3O/c17-16(18,19)14-1-2-15(22-7-9-23-10-8-22)13(11-14)12-21-5-3-20-4-6-21/h1-2,11,20H,3-10,12H2. The average Bonchev–Trinajstić information content (AvgIpc) is 2.56. The molecule has 0 radical (unpaired) electrons. The third-order valence-corrected chi connectivity index (χ3v) is 4.36. The van der Waals surface area contributed by atoms with Crippen LogP contribution in [0.5, 0.6) is 0 Å². The fourth-order valence-corrected chi connectivity index (χ4v) is 3.11. The van der Waals surface area contributed by atoms with E-state index in [-0.39, 0.29) is 0 Å². The van der Waals surface area contributed by atoms with Gasteiger partial charge in [0.2, 0.25) is 0 Å². The molecule has 2 heterocycles. The van der Waals surface area contributed by atoms with Crippen molar-refractivity contribution in [1.82, 2.24) is 10.2 Å². The van der Waals surface area contributed by atoms with Crippen molar-refractivity contribution in [1.29, 1.82) is 0 Å². The summed E-state index contributed by atoms with van der Waals surface area (Å²) in [7, 11) is 0. The smallest absolute Gasteiger partial charge is 0.378 e. The first-order valence-electron chi connectivity index (χ1n) is 8.00. The summed E-state index contributed by atoms with van der Waals surface area (Å²) in [6, 6.07) is 4.12. The maximum Gasteiger partial charge on any atom is 0.416 e. The van der Waals surface area contributed by atoms with Gasteiger partial charge in [0.15, 0.2) is 0 Å². The zero-order valence-electron chi connectivity index (χ0n) is 13.0. The van der Waals surface area contributed by atoms with Gasteiger partial charge in [0.1, 0.15) is 0 Å². The molecule has 1 N–H and O–H groups in total. The van der Waals surface area contributed by atoms with Gasteiger partial charge < -0.3 is 15.0 Å². The lowest BCUT2D eigenvalue weighted by Gasteiger charge is -2.33. The first-order valence-corrected chi connectivity index (χ1v) is 8.00. The predicted molar refractivity (Wildman–Crippen MR) is 82.6 cm³/mol. The summed E-state index contributed by atoms with van der Waals surface area (Å²) in [5.74, 6) is 0. The largest absolute Gasteiger partial charge is 0.416 e.